The third-order valence-corrected chi connectivity index (χ3v) is 3.10. The molecule has 11 heavy (non-hydrogen) atoms. The van der Waals surface area contributed by atoms with Crippen LogP contribution < -0.4 is 0 Å². The molecule has 5 heteroatoms. The Morgan fingerprint density at radius 1 is 1.36 bits per heavy atom. The molecule has 0 aliphatic carbocycles. The Bertz CT molecular complexity index is 133. The van der Waals surface area contributed by atoms with Gasteiger partial charge < -0.3 is 0 Å². The topological polar surface area (TPSA) is 0 Å². The summed E-state index contributed by atoms with van der Waals surface area (Å²) in [4.78, 5) is 0. The maximum absolute atomic E-state index is 11.9. The number of rotatable bonds is 1. The maximum atomic E-state index is 11.9. The second-order valence-corrected chi connectivity index (χ2v) is 3.92. The second-order valence-electron chi connectivity index (χ2n) is 2.58. The van der Waals surface area contributed by atoms with Crippen molar-refractivity contribution >= 4 is 11.8 Å². The molecule has 1 fully saturated rings. The van der Waals surface area contributed by atoms with Gasteiger partial charge in [0.2, 0.25) is 0 Å². The van der Waals surface area contributed by atoms with Crippen molar-refractivity contribution in [3.63, 3.8) is 0 Å². The standard InChI is InChI=1S/C6H8F4S/c7-2-5-1-4(3-11-5)6(8,9)10/h4-5H,1-3H2. The van der Waals surface area contributed by atoms with Gasteiger partial charge in [0.15, 0.2) is 0 Å². The van der Waals surface area contributed by atoms with Crippen LogP contribution in [0, 0.1) is 5.92 Å². The molecule has 0 nitrogen and oxygen atoms in total. The minimum Gasteiger partial charge on any atom is -0.250 e. The molecular weight excluding hydrogens is 180 g/mol. The van der Waals surface area contributed by atoms with E-state index >= 15 is 0 Å². The predicted molar refractivity (Wildman–Crippen MR) is 36.4 cm³/mol. The first kappa shape index (κ1) is 9.16. The molecule has 1 rings (SSSR count). The van der Waals surface area contributed by atoms with Crippen molar-refractivity contribution < 1.29 is 17.6 Å². The first-order chi connectivity index (χ1) is 5.04. The summed E-state index contributed by atoms with van der Waals surface area (Å²) in [6.07, 6.45) is -4.18. The van der Waals surface area contributed by atoms with Crippen LogP contribution in [0.3, 0.4) is 0 Å². The summed E-state index contributed by atoms with van der Waals surface area (Å²) >= 11 is 1.08. The van der Waals surface area contributed by atoms with E-state index in [-0.39, 0.29) is 12.2 Å². The lowest BCUT2D eigenvalue weighted by molar-refractivity contribution is -0.167. The molecule has 0 bridgehead atoms. The smallest absolute Gasteiger partial charge is 0.250 e. The van der Waals surface area contributed by atoms with Crippen molar-refractivity contribution in [2.24, 2.45) is 5.92 Å². The normalized spacial score (nSPS) is 32.7. The van der Waals surface area contributed by atoms with Crippen LogP contribution >= 0.6 is 11.8 Å². The second kappa shape index (κ2) is 3.21. The molecule has 0 amide bonds. The summed E-state index contributed by atoms with van der Waals surface area (Å²) in [7, 11) is 0. The van der Waals surface area contributed by atoms with Gasteiger partial charge in [0.05, 0.1) is 5.92 Å². The van der Waals surface area contributed by atoms with Crippen molar-refractivity contribution in [2.45, 2.75) is 17.8 Å². The zero-order valence-electron chi connectivity index (χ0n) is 5.70. The number of halogens is 4. The average Bonchev–Trinajstić information content (AvgIpc) is 2.32. The lowest BCUT2D eigenvalue weighted by Gasteiger charge is -2.12. The van der Waals surface area contributed by atoms with Gasteiger partial charge in [-0.3, -0.25) is 0 Å². The van der Waals surface area contributed by atoms with Crippen LogP contribution in [0.2, 0.25) is 0 Å². The van der Waals surface area contributed by atoms with Crippen molar-refractivity contribution in [1.82, 2.24) is 0 Å². The van der Waals surface area contributed by atoms with Crippen LogP contribution in [0.15, 0.2) is 0 Å². The number of hydrogen-bond donors (Lipinski definition) is 0. The highest BCUT2D eigenvalue weighted by atomic mass is 32.2. The van der Waals surface area contributed by atoms with Gasteiger partial charge in [0, 0.05) is 11.0 Å². The van der Waals surface area contributed by atoms with Crippen molar-refractivity contribution in [2.75, 3.05) is 12.4 Å². The monoisotopic (exact) mass is 188 g/mol. The molecule has 0 aromatic rings. The lowest BCUT2D eigenvalue weighted by atomic mass is 10.1. The molecule has 1 aliphatic rings. The van der Waals surface area contributed by atoms with E-state index in [1.807, 2.05) is 0 Å². The van der Waals surface area contributed by atoms with Crippen LogP contribution in [0.25, 0.3) is 0 Å². The summed E-state index contributed by atoms with van der Waals surface area (Å²) in [5, 5.41) is -0.429. The summed E-state index contributed by atoms with van der Waals surface area (Å²) in [5.74, 6) is -1.26. The lowest BCUT2D eigenvalue weighted by Crippen LogP contribution is -2.22. The van der Waals surface area contributed by atoms with Crippen LogP contribution in [-0.4, -0.2) is 23.9 Å². The Balaban J connectivity index is 2.42. The molecule has 0 aromatic carbocycles. The molecule has 0 radical (unpaired) electrons. The van der Waals surface area contributed by atoms with Gasteiger partial charge in [-0.15, -0.1) is 0 Å². The van der Waals surface area contributed by atoms with E-state index in [2.05, 4.69) is 0 Å². The predicted octanol–water partition coefficient (Wildman–Crippen LogP) is 2.64. The fourth-order valence-electron chi connectivity index (χ4n) is 1.04. The molecule has 1 heterocycles. The molecule has 0 spiro atoms. The Hall–Kier alpha value is 0.0700. The SMILES string of the molecule is FCC1CC(C(F)(F)F)CS1. The molecule has 0 saturated carbocycles. The summed E-state index contributed by atoms with van der Waals surface area (Å²) in [6, 6.07) is 0. The van der Waals surface area contributed by atoms with Gasteiger partial charge in [0.25, 0.3) is 0 Å². The molecule has 1 saturated heterocycles. The molecule has 2 unspecified atom stereocenters. The average molecular weight is 188 g/mol. The van der Waals surface area contributed by atoms with E-state index in [0.29, 0.717) is 0 Å². The minimum absolute atomic E-state index is 0.0259. The first-order valence-corrected chi connectivity index (χ1v) is 4.33. The van der Waals surface area contributed by atoms with E-state index in [1.165, 1.54) is 0 Å². The maximum Gasteiger partial charge on any atom is 0.392 e. The van der Waals surface area contributed by atoms with Crippen LogP contribution in [0.5, 0.6) is 0 Å². The highest BCUT2D eigenvalue weighted by molar-refractivity contribution is 8.00. The van der Waals surface area contributed by atoms with Gasteiger partial charge in [-0.2, -0.15) is 24.9 Å². The molecule has 0 aromatic heterocycles. The highest BCUT2D eigenvalue weighted by Gasteiger charge is 2.44. The van der Waals surface area contributed by atoms with Crippen LogP contribution in [0.4, 0.5) is 17.6 Å². The van der Waals surface area contributed by atoms with E-state index in [1.54, 1.807) is 0 Å². The van der Waals surface area contributed by atoms with Gasteiger partial charge >= 0.3 is 6.18 Å². The fourth-order valence-corrected chi connectivity index (χ4v) is 2.33. The van der Waals surface area contributed by atoms with Gasteiger partial charge in [-0.25, -0.2) is 4.39 Å². The summed E-state index contributed by atoms with van der Waals surface area (Å²) in [6.45, 7) is -0.642. The number of thioether (sulfide) groups is 1. The van der Waals surface area contributed by atoms with Crippen LogP contribution in [-0.2, 0) is 0 Å². The highest BCUT2D eigenvalue weighted by Crippen LogP contribution is 2.41. The Labute approximate surface area is 66.3 Å². The Kier molecular flexibility index (Phi) is 2.67. The summed E-state index contributed by atoms with van der Waals surface area (Å²) in [5.41, 5.74) is 0. The zero-order chi connectivity index (χ0) is 8.48. The van der Waals surface area contributed by atoms with Gasteiger partial charge in [-0.1, -0.05) is 0 Å². The van der Waals surface area contributed by atoms with Gasteiger partial charge in [0.1, 0.15) is 6.67 Å². The molecule has 66 valence electrons. The Morgan fingerprint density at radius 2 is 2.00 bits per heavy atom. The Morgan fingerprint density at radius 3 is 2.27 bits per heavy atom. The van der Waals surface area contributed by atoms with E-state index in [9.17, 15) is 17.6 Å². The quantitative estimate of drug-likeness (QED) is 0.570. The molecule has 1 aliphatic heterocycles. The van der Waals surface area contributed by atoms with E-state index < -0.39 is 24.0 Å². The largest absolute Gasteiger partial charge is 0.392 e. The van der Waals surface area contributed by atoms with Crippen molar-refractivity contribution in [1.29, 1.82) is 0 Å². The van der Waals surface area contributed by atoms with E-state index in [0.717, 1.165) is 11.8 Å². The fraction of sp³-hybridized carbons (Fsp3) is 1.00. The van der Waals surface area contributed by atoms with E-state index in [4.69, 9.17) is 0 Å². The zero-order valence-corrected chi connectivity index (χ0v) is 6.51. The third kappa shape index (κ3) is 2.25. The third-order valence-electron chi connectivity index (χ3n) is 1.72. The van der Waals surface area contributed by atoms with Gasteiger partial charge in [-0.05, 0) is 6.42 Å². The van der Waals surface area contributed by atoms with Crippen molar-refractivity contribution in [3.8, 4) is 0 Å². The van der Waals surface area contributed by atoms with Crippen LogP contribution in [0.1, 0.15) is 6.42 Å². The first-order valence-electron chi connectivity index (χ1n) is 3.28. The molecule has 2 atom stereocenters. The molecular formula is C6H8F4S. The minimum atomic E-state index is -4.13. The number of alkyl halides is 4. The molecule has 0 N–H and O–H groups in total. The number of hydrogen-bond acceptors (Lipinski definition) is 1. The summed E-state index contributed by atoms with van der Waals surface area (Å²) < 4.78 is 47.7. The van der Waals surface area contributed by atoms with Crippen molar-refractivity contribution in [3.05, 3.63) is 0 Å².